The lowest BCUT2D eigenvalue weighted by Crippen LogP contribution is -2.55. The van der Waals surface area contributed by atoms with Gasteiger partial charge in [0.2, 0.25) is 0 Å². The van der Waals surface area contributed by atoms with Crippen molar-refractivity contribution in [3.8, 4) is 11.3 Å². The second kappa shape index (κ2) is 7.41. The van der Waals surface area contributed by atoms with Crippen LogP contribution < -0.4 is 4.90 Å². The van der Waals surface area contributed by atoms with E-state index in [1.165, 1.54) is 13.1 Å². The van der Waals surface area contributed by atoms with Crippen molar-refractivity contribution < 1.29 is 18.8 Å². The Bertz CT molecular complexity index is 1130. The Hall–Kier alpha value is -3.64. The number of urea groups is 1. The fourth-order valence-corrected chi connectivity index (χ4v) is 3.11. The second-order valence-electron chi connectivity index (χ2n) is 6.39. The van der Waals surface area contributed by atoms with E-state index in [4.69, 9.17) is 16.0 Å². The predicted molar refractivity (Wildman–Crippen MR) is 109 cm³/mol. The Morgan fingerprint density at radius 2 is 1.55 bits per heavy atom. The number of hydrogen-bond donors (Lipinski definition) is 0. The molecule has 3 aromatic rings. The first-order valence-corrected chi connectivity index (χ1v) is 9.12. The molecule has 2 heterocycles. The highest BCUT2D eigenvalue weighted by Crippen LogP contribution is 2.28. The monoisotopic (exact) mass is 406 g/mol. The molecule has 144 valence electrons. The molecule has 0 unspecified atom stereocenters. The first kappa shape index (κ1) is 18.7. The summed E-state index contributed by atoms with van der Waals surface area (Å²) in [6.45, 7) is 0. The van der Waals surface area contributed by atoms with Crippen LogP contribution in [0.15, 0.2) is 76.7 Å². The van der Waals surface area contributed by atoms with Crippen molar-refractivity contribution in [1.29, 1.82) is 0 Å². The van der Waals surface area contributed by atoms with Crippen LogP contribution in [0.4, 0.5) is 10.5 Å². The quantitative estimate of drug-likeness (QED) is 0.470. The molecule has 4 rings (SSSR count). The lowest BCUT2D eigenvalue weighted by molar-refractivity contribution is -0.128. The van der Waals surface area contributed by atoms with Crippen molar-refractivity contribution in [2.45, 2.75) is 0 Å². The smallest absolute Gasteiger partial charge is 0.338 e. The normalized spacial score (nSPS) is 16.1. The van der Waals surface area contributed by atoms with E-state index in [0.717, 1.165) is 15.4 Å². The van der Waals surface area contributed by atoms with Crippen molar-refractivity contribution in [3.05, 3.63) is 83.1 Å². The van der Waals surface area contributed by atoms with Crippen LogP contribution in [-0.4, -0.2) is 29.8 Å². The van der Waals surface area contributed by atoms with Crippen molar-refractivity contribution in [3.63, 3.8) is 0 Å². The van der Waals surface area contributed by atoms with Crippen LogP contribution in [0.3, 0.4) is 0 Å². The molecule has 0 aliphatic carbocycles. The molecule has 1 fully saturated rings. The zero-order chi connectivity index (χ0) is 20.5. The number of imide groups is 2. The number of para-hydroxylation sites is 1. The van der Waals surface area contributed by atoms with Gasteiger partial charge in [0.05, 0.1) is 5.69 Å². The summed E-state index contributed by atoms with van der Waals surface area (Å²) in [4.78, 5) is 39.9. The fourth-order valence-electron chi connectivity index (χ4n) is 2.99. The summed E-state index contributed by atoms with van der Waals surface area (Å²) >= 11 is 5.90. The molecule has 4 amide bonds. The highest BCUT2D eigenvalue weighted by molar-refractivity contribution is 6.38. The summed E-state index contributed by atoms with van der Waals surface area (Å²) in [6, 6.07) is 18.2. The van der Waals surface area contributed by atoms with E-state index in [-0.39, 0.29) is 5.57 Å². The number of barbiturate groups is 1. The maximum atomic E-state index is 12.9. The van der Waals surface area contributed by atoms with E-state index in [0.29, 0.717) is 22.2 Å². The summed E-state index contributed by atoms with van der Waals surface area (Å²) in [7, 11) is 1.34. The van der Waals surface area contributed by atoms with Crippen LogP contribution >= 0.6 is 11.6 Å². The minimum absolute atomic E-state index is 0.159. The van der Waals surface area contributed by atoms with Crippen LogP contribution in [0.1, 0.15) is 5.76 Å². The summed E-state index contributed by atoms with van der Waals surface area (Å²) in [5, 5.41) is 0.606. The SMILES string of the molecule is CN1C(=O)/C(=C\c2ccc(-c3ccc(Cl)cc3)o2)C(=O)N(c2ccccc2)C1=O. The van der Waals surface area contributed by atoms with Gasteiger partial charge in [0.1, 0.15) is 17.1 Å². The molecule has 1 aromatic heterocycles. The molecule has 0 atom stereocenters. The number of furan rings is 1. The molecule has 0 spiro atoms. The highest BCUT2D eigenvalue weighted by Gasteiger charge is 2.41. The number of hydrogen-bond acceptors (Lipinski definition) is 4. The molecular formula is C22H15ClN2O4. The Kier molecular flexibility index (Phi) is 4.78. The second-order valence-corrected chi connectivity index (χ2v) is 6.83. The minimum atomic E-state index is -0.704. The van der Waals surface area contributed by atoms with Gasteiger partial charge in [-0.05, 0) is 54.6 Å². The Labute approximate surface area is 171 Å². The molecule has 7 heteroatoms. The van der Waals surface area contributed by atoms with Gasteiger partial charge in [0.15, 0.2) is 0 Å². The maximum Gasteiger partial charge on any atom is 0.338 e. The molecule has 2 aromatic carbocycles. The fraction of sp³-hybridized carbons (Fsp3) is 0.0455. The van der Waals surface area contributed by atoms with Gasteiger partial charge in [0.25, 0.3) is 11.8 Å². The third-order valence-corrected chi connectivity index (χ3v) is 4.76. The number of benzene rings is 2. The van der Waals surface area contributed by atoms with E-state index >= 15 is 0 Å². The van der Waals surface area contributed by atoms with Crippen LogP contribution in [0.2, 0.25) is 5.02 Å². The largest absolute Gasteiger partial charge is 0.457 e. The van der Waals surface area contributed by atoms with Gasteiger partial charge in [-0.15, -0.1) is 0 Å². The van der Waals surface area contributed by atoms with E-state index in [2.05, 4.69) is 0 Å². The highest BCUT2D eigenvalue weighted by atomic mass is 35.5. The van der Waals surface area contributed by atoms with Crippen molar-refractivity contribution >= 4 is 41.2 Å². The Balaban J connectivity index is 1.70. The lowest BCUT2D eigenvalue weighted by Gasteiger charge is -2.31. The predicted octanol–water partition coefficient (Wildman–Crippen LogP) is 4.61. The van der Waals surface area contributed by atoms with E-state index in [9.17, 15) is 14.4 Å². The number of halogens is 1. The van der Waals surface area contributed by atoms with Gasteiger partial charge in [-0.3, -0.25) is 14.5 Å². The van der Waals surface area contributed by atoms with E-state index < -0.39 is 17.8 Å². The third kappa shape index (κ3) is 3.46. The standard InChI is InChI=1S/C22H15ClN2O4/c1-24-20(26)18(21(27)25(22(24)28)16-5-3-2-4-6-16)13-17-11-12-19(29-17)14-7-9-15(23)10-8-14/h2-13H,1H3/b18-13+. The summed E-state index contributed by atoms with van der Waals surface area (Å²) < 4.78 is 5.77. The molecule has 1 aliphatic heterocycles. The topological polar surface area (TPSA) is 70.8 Å². The van der Waals surface area contributed by atoms with Gasteiger partial charge in [0, 0.05) is 17.6 Å². The first-order chi connectivity index (χ1) is 14.0. The van der Waals surface area contributed by atoms with Gasteiger partial charge in [-0.2, -0.15) is 0 Å². The van der Waals surface area contributed by atoms with Crippen molar-refractivity contribution in [2.24, 2.45) is 0 Å². The van der Waals surface area contributed by atoms with Gasteiger partial charge in [-0.25, -0.2) is 9.69 Å². The van der Waals surface area contributed by atoms with Gasteiger partial charge in [-0.1, -0.05) is 29.8 Å². The van der Waals surface area contributed by atoms with Crippen molar-refractivity contribution in [2.75, 3.05) is 11.9 Å². The van der Waals surface area contributed by atoms with Crippen LogP contribution in [0.25, 0.3) is 17.4 Å². The van der Waals surface area contributed by atoms with E-state index in [1.54, 1.807) is 66.7 Å². The molecular weight excluding hydrogens is 392 g/mol. The van der Waals surface area contributed by atoms with Gasteiger partial charge < -0.3 is 4.42 Å². The molecule has 0 N–H and O–H groups in total. The summed E-state index contributed by atoms with van der Waals surface area (Å²) in [5.74, 6) is -0.499. The van der Waals surface area contributed by atoms with Crippen molar-refractivity contribution in [1.82, 2.24) is 4.90 Å². The number of carbonyl (C=O) groups excluding carboxylic acids is 3. The van der Waals surface area contributed by atoms with Crippen LogP contribution in [0, 0.1) is 0 Å². The number of carbonyl (C=O) groups is 3. The molecule has 29 heavy (non-hydrogen) atoms. The first-order valence-electron chi connectivity index (χ1n) is 8.74. The maximum absolute atomic E-state index is 12.9. The van der Waals surface area contributed by atoms with E-state index in [1.807, 2.05) is 0 Å². The molecule has 0 radical (unpaired) electrons. The zero-order valence-corrected chi connectivity index (χ0v) is 16.1. The molecule has 0 bridgehead atoms. The summed E-state index contributed by atoms with van der Waals surface area (Å²) in [5.41, 5.74) is 1.03. The number of anilines is 1. The number of nitrogens with zero attached hydrogens (tertiary/aromatic N) is 2. The van der Waals surface area contributed by atoms with Gasteiger partial charge >= 0.3 is 6.03 Å². The lowest BCUT2D eigenvalue weighted by atomic mass is 10.1. The zero-order valence-electron chi connectivity index (χ0n) is 15.3. The Morgan fingerprint density at radius 3 is 2.24 bits per heavy atom. The van der Waals surface area contributed by atoms with Crippen LogP contribution in [-0.2, 0) is 9.59 Å². The molecule has 1 saturated heterocycles. The minimum Gasteiger partial charge on any atom is -0.457 e. The number of rotatable bonds is 3. The molecule has 1 aliphatic rings. The molecule has 6 nitrogen and oxygen atoms in total. The van der Waals surface area contributed by atoms with Crippen LogP contribution in [0.5, 0.6) is 0 Å². The molecule has 0 saturated carbocycles. The average molecular weight is 407 g/mol. The third-order valence-electron chi connectivity index (χ3n) is 4.50. The number of likely N-dealkylation sites (N-methyl/N-ethyl adjacent to an activating group) is 1. The average Bonchev–Trinajstić information content (AvgIpc) is 3.20. The summed E-state index contributed by atoms with van der Waals surface area (Å²) in [6.07, 6.45) is 1.35. The number of amides is 4. The Morgan fingerprint density at radius 1 is 0.862 bits per heavy atom.